The molecule has 1 aliphatic rings. The molecule has 1 aliphatic heterocycles. The third-order valence-corrected chi connectivity index (χ3v) is 2.44. The lowest BCUT2D eigenvalue weighted by molar-refractivity contribution is -0.178. The lowest BCUT2D eigenvalue weighted by Gasteiger charge is -2.26. The number of nitrogens with zero attached hydrogens (tertiary/aromatic N) is 1. The van der Waals surface area contributed by atoms with E-state index >= 15 is 0 Å². The highest BCUT2D eigenvalue weighted by atomic mass is 16.7. The van der Waals surface area contributed by atoms with Crippen LogP contribution in [0.1, 0.15) is 13.3 Å². The molecule has 1 fully saturated rings. The number of nitrogens with one attached hydrogen (secondary N) is 1. The van der Waals surface area contributed by atoms with Gasteiger partial charge in [-0.05, 0) is 19.9 Å². The third kappa shape index (κ3) is 1.59. The zero-order valence-electron chi connectivity index (χ0n) is 7.89. The van der Waals surface area contributed by atoms with Crippen molar-refractivity contribution in [2.75, 3.05) is 27.2 Å². The topological polar surface area (TPSA) is 41.6 Å². The average Bonchev–Trinajstić information content (AvgIpc) is 2.50. The van der Waals surface area contributed by atoms with Crippen LogP contribution in [-0.4, -0.2) is 38.2 Å². The van der Waals surface area contributed by atoms with Crippen LogP contribution in [0.25, 0.3) is 0 Å². The largest absolute Gasteiger partial charge is 0.316 e. The Morgan fingerprint density at radius 3 is 2.75 bits per heavy atom. The van der Waals surface area contributed by atoms with Crippen molar-refractivity contribution in [3.63, 3.8) is 0 Å². The molecule has 0 aromatic rings. The molecule has 1 atom stereocenters. The summed E-state index contributed by atoms with van der Waals surface area (Å²) >= 11 is 0. The average molecular weight is 172 g/mol. The highest BCUT2D eigenvalue weighted by Gasteiger charge is 2.38. The van der Waals surface area contributed by atoms with Gasteiger partial charge in [0.2, 0.25) is 0 Å². The van der Waals surface area contributed by atoms with Crippen molar-refractivity contribution >= 4 is 5.91 Å². The van der Waals surface area contributed by atoms with Gasteiger partial charge in [0.1, 0.15) is 0 Å². The van der Waals surface area contributed by atoms with Gasteiger partial charge in [-0.2, -0.15) is 0 Å². The molecule has 0 aromatic heterocycles. The minimum absolute atomic E-state index is 0.0509. The van der Waals surface area contributed by atoms with E-state index < -0.39 is 0 Å². The molecular formula is C8H16N2O2. The number of carbonyl (C=O) groups excluding carboxylic acids is 1. The maximum Gasteiger partial charge on any atom is 0.253 e. The third-order valence-electron chi connectivity index (χ3n) is 2.44. The normalized spacial score (nSPS) is 28.9. The maximum absolute atomic E-state index is 11.7. The Morgan fingerprint density at radius 1 is 1.67 bits per heavy atom. The van der Waals surface area contributed by atoms with Crippen LogP contribution in [0, 0.1) is 5.41 Å². The molecule has 4 nitrogen and oxygen atoms in total. The fourth-order valence-corrected chi connectivity index (χ4v) is 1.46. The first-order valence-corrected chi connectivity index (χ1v) is 4.13. The van der Waals surface area contributed by atoms with E-state index in [0.717, 1.165) is 19.5 Å². The van der Waals surface area contributed by atoms with Crippen LogP contribution in [-0.2, 0) is 9.63 Å². The van der Waals surface area contributed by atoms with E-state index in [4.69, 9.17) is 4.84 Å². The highest BCUT2D eigenvalue weighted by Crippen LogP contribution is 2.26. The van der Waals surface area contributed by atoms with E-state index in [9.17, 15) is 4.79 Å². The summed E-state index contributed by atoms with van der Waals surface area (Å²) < 4.78 is 0. The lowest BCUT2D eigenvalue weighted by atomic mass is 9.89. The molecule has 0 bridgehead atoms. The SMILES string of the molecule is CON(C)C(=O)C1(C)CCNC1. The van der Waals surface area contributed by atoms with Crippen LogP contribution in [0.2, 0.25) is 0 Å². The molecule has 1 heterocycles. The molecule has 1 unspecified atom stereocenters. The molecule has 1 amide bonds. The molecule has 1 N–H and O–H groups in total. The summed E-state index contributed by atoms with van der Waals surface area (Å²) in [4.78, 5) is 16.5. The molecular weight excluding hydrogens is 156 g/mol. The van der Waals surface area contributed by atoms with Crippen molar-refractivity contribution in [1.29, 1.82) is 0 Å². The van der Waals surface area contributed by atoms with Gasteiger partial charge in [0, 0.05) is 13.6 Å². The quantitative estimate of drug-likeness (QED) is 0.596. The highest BCUT2D eigenvalue weighted by molar-refractivity contribution is 5.81. The predicted molar refractivity (Wildman–Crippen MR) is 45.4 cm³/mol. The summed E-state index contributed by atoms with van der Waals surface area (Å²) in [6, 6.07) is 0. The Labute approximate surface area is 72.8 Å². The second-order valence-electron chi connectivity index (χ2n) is 3.47. The molecule has 70 valence electrons. The van der Waals surface area contributed by atoms with Crippen molar-refractivity contribution in [2.45, 2.75) is 13.3 Å². The molecule has 0 aromatic carbocycles. The molecule has 0 spiro atoms. The summed E-state index contributed by atoms with van der Waals surface area (Å²) in [6.45, 7) is 3.63. The minimum atomic E-state index is -0.273. The molecule has 12 heavy (non-hydrogen) atoms. The molecule has 0 aliphatic carbocycles. The number of carbonyl (C=O) groups is 1. The minimum Gasteiger partial charge on any atom is -0.316 e. The Bertz CT molecular complexity index is 176. The van der Waals surface area contributed by atoms with E-state index in [0.29, 0.717) is 0 Å². The van der Waals surface area contributed by atoms with E-state index in [1.807, 2.05) is 6.92 Å². The number of rotatable bonds is 2. The van der Waals surface area contributed by atoms with Crippen molar-refractivity contribution < 1.29 is 9.63 Å². The number of hydroxylamine groups is 2. The van der Waals surface area contributed by atoms with Gasteiger partial charge in [0.15, 0.2) is 0 Å². The fraction of sp³-hybridized carbons (Fsp3) is 0.875. The predicted octanol–water partition coefficient (Wildman–Crippen LogP) is 0.00580. The van der Waals surface area contributed by atoms with Gasteiger partial charge >= 0.3 is 0 Å². The van der Waals surface area contributed by atoms with Gasteiger partial charge in [-0.1, -0.05) is 0 Å². The van der Waals surface area contributed by atoms with Crippen molar-refractivity contribution in [3.05, 3.63) is 0 Å². The van der Waals surface area contributed by atoms with Gasteiger partial charge in [-0.3, -0.25) is 9.63 Å². The summed E-state index contributed by atoms with van der Waals surface area (Å²) in [5.74, 6) is 0.0509. The number of hydrogen-bond donors (Lipinski definition) is 1. The first-order valence-electron chi connectivity index (χ1n) is 4.13. The smallest absolute Gasteiger partial charge is 0.253 e. The van der Waals surface area contributed by atoms with Crippen LogP contribution in [0.5, 0.6) is 0 Å². The standard InChI is InChI=1S/C8H16N2O2/c1-8(4-5-9-6-8)7(11)10(2)12-3/h9H,4-6H2,1-3H3. The first-order chi connectivity index (χ1) is 5.60. The Kier molecular flexibility index (Phi) is 2.69. The monoisotopic (exact) mass is 172 g/mol. The van der Waals surface area contributed by atoms with E-state index in [-0.39, 0.29) is 11.3 Å². The molecule has 4 heteroatoms. The summed E-state index contributed by atoms with van der Waals surface area (Å²) in [5, 5.41) is 4.47. The molecule has 1 rings (SSSR count). The number of hydrogen-bond acceptors (Lipinski definition) is 3. The summed E-state index contributed by atoms with van der Waals surface area (Å²) in [5.41, 5.74) is -0.273. The maximum atomic E-state index is 11.7. The molecule has 0 radical (unpaired) electrons. The fourth-order valence-electron chi connectivity index (χ4n) is 1.46. The van der Waals surface area contributed by atoms with Gasteiger partial charge in [-0.15, -0.1) is 0 Å². The van der Waals surface area contributed by atoms with E-state index in [1.165, 1.54) is 12.2 Å². The van der Waals surface area contributed by atoms with Crippen molar-refractivity contribution in [1.82, 2.24) is 10.4 Å². The summed E-state index contributed by atoms with van der Waals surface area (Å²) in [6.07, 6.45) is 0.888. The van der Waals surface area contributed by atoms with Crippen LogP contribution in [0.15, 0.2) is 0 Å². The van der Waals surface area contributed by atoms with E-state index in [1.54, 1.807) is 7.05 Å². The van der Waals surface area contributed by atoms with Gasteiger partial charge < -0.3 is 5.32 Å². The number of amides is 1. The van der Waals surface area contributed by atoms with E-state index in [2.05, 4.69) is 5.32 Å². The second-order valence-corrected chi connectivity index (χ2v) is 3.47. The summed E-state index contributed by atoms with van der Waals surface area (Å²) in [7, 11) is 3.15. The Balaban J connectivity index is 2.61. The van der Waals surface area contributed by atoms with Crippen LogP contribution < -0.4 is 5.32 Å². The molecule has 1 saturated heterocycles. The van der Waals surface area contributed by atoms with Crippen LogP contribution in [0.4, 0.5) is 0 Å². The Morgan fingerprint density at radius 2 is 2.33 bits per heavy atom. The first kappa shape index (κ1) is 9.48. The molecule has 0 saturated carbocycles. The second kappa shape index (κ2) is 3.41. The zero-order chi connectivity index (χ0) is 9.19. The lowest BCUT2D eigenvalue weighted by Crippen LogP contribution is -2.40. The Hall–Kier alpha value is -0.610. The van der Waals surface area contributed by atoms with Crippen molar-refractivity contribution in [2.24, 2.45) is 5.41 Å². The van der Waals surface area contributed by atoms with Gasteiger partial charge in [0.25, 0.3) is 5.91 Å². The van der Waals surface area contributed by atoms with Crippen LogP contribution >= 0.6 is 0 Å². The van der Waals surface area contributed by atoms with Gasteiger partial charge in [0.05, 0.1) is 12.5 Å². The van der Waals surface area contributed by atoms with Crippen LogP contribution in [0.3, 0.4) is 0 Å². The van der Waals surface area contributed by atoms with Crippen molar-refractivity contribution in [3.8, 4) is 0 Å². The van der Waals surface area contributed by atoms with Gasteiger partial charge in [-0.25, -0.2) is 5.06 Å². The zero-order valence-corrected chi connectivity index (χ0v) is 7.89.